The summed E-state index contributed by atoms with van der Waals surface area (Å²) >= 11 is 1.74. The van der Waals surface area contributed by atoms with Gasteiger partial charge in [-0.15, -0.1) is 11.8 Å². The van der Waals surface area contributed by atoms with Crippen LogP contribution < -0.4 is 0 Å². The van der Waals surface area contributed by atoms with Crippen LogP contribution in [0.2, 0.25) is 0 Å². The molecule has 0 aliphatic carbocycles. The van der Waals surface area contributed by atoms with E-state index in [1.54, 1.807) is 11.8 Å². The highest BCUT2D eigenvalue weighted by molar-refractivity contribution is 8.00. The maximum absolute atomic E-state index is 9.17. The normalized spacial score (nSPS) is 36.7. The zero-order chi connectivity index (χ0) is 6.69. The average Bonchev–Trinajstić information content (AvgIpc) is 1.88. The summed E-state index contributed by atoms with van der Waals surface area (Å²) in [5.74, 6) is 0. The lowest BCUT2D eigenvalue weighted by molar-refractivity contribution is 0.240. The van der Waals surface area contributed by atoms with Crippen molar-refractivity contribution >= 4 is 11.8 Å². The number of hydrogen-bond acceptors (Lipinski definition) is 2. The van der Waals surface area contributed by atoms with E-state index >= 15 is 0 Å². The fourth-order valence-corrected chi connectivity index (χ4v) is 2.42. The molecule has 9 heavy (non-hydrogen) atoms. The summed E-state index contributed by atoms with van der Waals surface area (Å²) in [4.78, 5) is 0. The fraction of sp³-hybridized carbons (Fsp3) is 1.00. The Labute approximate surface area is 60.8 Å². The molecule has 1 fully saturated rings. The molecule has 1 heterocycles. The SMILES string of the molecule is CCC1CCCC(O)S1. The molecule has 1 saturated heterocycles. The van der Waals surface area contributed by atoms with Gasteiger partial charge in [-0.3, -0.25) is 0 Å². The highest BCUT2D eigenvalue weighted by Gasteiger charge is 2.18. The third kappa shape index (κ3) is 2.18. The van der Waals surface area contributed by atoms with Gasteiger partial charge in [-0.2, -0.15) is 0 Å². The zero-order valence-electron chi connectivity index (χ0n) is 5.84. The molecule has 0 spiro atoms. The summed E-state index contributed by atoms with van der Waals surface area (Å²) in [6.07, 6.45) is 4.73. The van der Waals surface area contributed by atoms with Gasteiger partial charge in [-0.25, -0.2) is 0 Å². The fourth-order valence-electron chi connectivity index (χ4n) is 1.18. The number of thioether (sulfide) groups is 1. The molecule has 1 nitrogen and oxygen atoms in total. The minimum Gasteiger partial charge on any atom is -0.382 e. The third-order valence-electron chi connectivity index (χ3n) is 1.78. The van der Waals surface area contributed by atoms with Crippen LogP contribution in [0.15, 0.2) is 0 Å². The van der Waals surface area contributed by atoms with E-state index in [0.29, 0.717) is 0 Å². The van der Waals surface area contributed by atoms with E-state index in [-0.39, 0.29) is 5.44 Å². The molecule has 1 aliphatic heterocycles. The van der Waals surface area contributed by atoms with Crippen LogP contribution in [0.1, 0.15) is 32.6 Å². The predicted molar refractivity (Wildman–Crippen MR) is 41.5 cm³/mol. The third-order valence-corrected chi connectivity index (χ3v) is 3.29. The van der Waals surface area contributed by atoms with Gasteiger partial charge in [0, 0.05) is 5.25 Å². The second-order valence-corrected chi connectivity index (χ2v) is 4.03. The maximum Gasteiger partial charge on any atom is 0.0995 e. The van der Waals surface area contributed by atoms with E-state index < -0.39 is 0 Å². The van der Waals surface area contributed by atoms with Gasteiger partial charge >= 0.3 is 0 Å². The summed E-state index contributed by atoms with van der Waals surface area (Å²) in [7, 11) is 0. The Morgan fingerprint density at radius 3 is 2.78 bits per heavy atom. The van der Waals surface area contributed by atoms with Gasteiger partial charge in [0.1, 0.15) is 0 Å². The Bertz CT molecular complexity index is 85.0. The number of aliphatic hydroxyl groups excluding tert-OH is 1. The molecular weight excluding hydrogens is 132 g/mol. The summed E-state index contributed by atoms with van der Waals surface area (Å²) in [6.45, 7) is 2.19. The van der Waals surface area contributed by atoms with Crippen LogP contribution >= 0.6 is 11.8 Å². The highest BCUT2D eigenvalue weighted by atomic mass is 32.2. The molecule has 2 atom stereocenters. The molecule has 1 N–H and O–H groups in total. The van der Waals surface area contributed by atoms with E-state index in [1.165, 1.54) is 19.3 Å². The van der Waals surface area contributed by atoms with Crippen LogP contribution in [-0.4, -0.2) is 15.8 Å². The van der Waals surface area contributed by atoms with Gasteiger partial charge in [0.15, 0.2) is 0 Å². The molecule has 54 valence electrons. The average molecular weight is 146 g/mol. The summed E-state index contributed by atoms with van der Waals surface area (Å²) in [6, 6.07) is 0. The van der Waals surface area contributed by atoms with E-state index in [4.69, 9.17) is 0 Å². The second kappa shape index (κ2) is 3.47. The van der Waals surface area contributed by atoms with Crippen molar-refractivity contribution in [2.24, 2.45) is 0 Å². The lowest BCUT2D eigenvalue weighted by Gasteiger charge is -2.23. The van der Waals surface area contributed by atoms with Crippen molar-refractivity contribution in [1.82, 2.24) is 0 Å². The number of aliphatic hydroxyl groups is 1. The molecule has 0 aromatic carbocycles. The van der Waals surface area contributed by atoms with Gasteiger partial charge in [-0.05, 0) is 25.7 Å². The molecule has 0 amide bonds. The minimum absolute atomic E-state index is 0.0660. The van der Waals surface area contributed by atoms with E-state index in [2.05, 4.69) is 6.92 Å². The van der Waals surface area contributed by atoms with Crippen LogP contribution in [0.4, 0.5) is 0 Å². The Morgan fingerprint density at radius 2 is 2.33 bits per heavy atom. The molecule has 2 heteroatoms. The Morgan fingerprint density at radius 1 is 1.56 bits per heavy atom. The first kappa shape index (κ1) is 7.42. The molecule has 1 aliphatic rings. The van der Waals surface area contributed by atoms with Gasteiger partial charge in [-0.1, -0.05) is 6.92 Å². The van der Waals surface area contributed by atoms with Crippen molar-refractivity contribution in [3.05, 3.63) is 0 Å². The Kier molecular flexibility index (Phi) is 2.86. The number of rotatable bonds is 1. The van der Waals surface area contributed by atoms with Crippen molar-refractivity contribution in [1.29, 1.82) is 0 Å². The largest absolute Gasteiger partial charge is 0.382 e. The van der Waals surface area contributed by atoms with Gasteiger partial charge in [0.2, 0.25) is 0 Å². The second-order valence-electron chi connectivity index (χ2n) is 2.55. The van der Waals surface area contributed by atoms with Crippen molar-refractivity contribution in [3.63, 3.8) is 0 Å². The van der Waals surface area contributed by atoms with Crippen molar-refractivity contribution < 1.29 is 5.11 Å². The lowest BCUT2D eigenvalue weighted by atomic mass is 10.1. The molecule has 0 aromatic heterocycles. The molecule has 0 saturated carbocycles. The standard InChI is InChI=1S/C7H14OS/c1-2-6-4-3-5-7(8)9-6/h6-8H,2-5H2,1H3. The van der Waals surface area contributed by atoms with Crippen molar-refractivity contribution in [3.8, 4) is 0 Å². The Balaban J connectivity index is 2.23. The summed E-state index contributed by atoms with van der Waals surface area (Å²) in [5.41, 5.74) is -0.0660. The van der Waals surface area contributed by atoms with Gasteiger partial charge < -0.3 is 5.11 Å². The van der Waals surface area contributed by atoms with Crippen LogP contribution in [0.5, 0.6) is 0 Å². The first-order chi connectivity index (χ1) is 4.33. The van der Waals surface area contributed by atoms with E-state index in [1.807, 2.05) is 0 Å². The van der Waals surface area contributed by atoms with Crippen LogP contribution in [0, 0.1) is 0 Å². The summed E-state index contributed by atoms with van der Waals surface area (Å²) in [5, 5.41) is 9.90. The quantitative estimate of drug-likeness (QED) is 0.610. The first-order valence-corrected chi connectivity index (χ1v) is 4.60. The molecule has 0 bridgehead atoms. The van der Waals surface area contributed by atoms with E-state index in [0.717, 1.165) is 11.7 Å². The topological polar surface area (TPSA) is 20.2 Å². The van der Waals surface area contributed by atoms with Gasteiger partial charge in [0.25, 0.3) is 0 Å². The minimum atomic E-state index is -0.0660. The van der Waals surface area contributed by atoms with Crippen LogP contribution in [-0.2, 0) is 0 Å². The maximum atomic E-state index is 9.17. The Hall–Kier alpha value is 0.310. The zero-order valence-corrected chi connectivity index (χ0v) is 6.66. The molecule has 1 rings (SSSR count). The highest BCUT2D eigenvalue weighted by Crippen LogP contribution is 2.31. The first-order valence-electron chi connectivity index (χ1n) is 3.66. The van der Waals surface area contributed by atoms with E-state index in [9.17, 15) is 5.11 Å². The van der Waals surface area contributed by atoms with Crippen LogP contribution in [0.25, 0.3) is 0 Å². The molecular formula is C7H14OS. The monoisotopic (exact) mass is 146 g/mol. The molecule has 0 radical (unpaired) electrons. The summed E-state index contributed by atoms with van der Waals surface area (Å²) < 4.78 is 0. The molecule has 2 unspecified atom stereocenters. The van der Waals surface area contributed by atoms with Crippen LogP contribution in [0.3, 0.4) is 0 Å². The molecule has 0 aromatic rings. The lowest BCUT2D eigenvalue weighted by Crippen LogP contribution is -2.15. The van der Waals surface area contributed by atoms with Gasteiger partial charge in [0.05, 0.1) is 5.44 Å². The number of hydrogen-bond donors (Lipinski definition) is 1. The van der Waals surface area contributed by atoms with Crippen molar-refractivity contribution in [2.75, 3.05) is 0 Å². The van der Waals surface area contributed by atoms with Crippen molar-refractivity contribution in [2.45, 2.75) is 43.3 Å². The smallest absolute Gasteiger partial charge is 0.0995 e. The predicted octanol–water partition coefficient (Wildman–Crippen LogP) is 2.00.